The van der Waals surface area contributed by atoms with E-state index >= 15 is 0 Å². The Kier molecular flexibility index (Phi) is 3.58. The number of sulfonamides is 1. The average Bonchev–Trinajstić information content (AvgIpc) is 3.38. The van der Waals surface area contributed by atoms with Crippen LogP contribution in [0.5, 0.6) is 0 Å². The zero-order chi connectivity index (χ0) is 19.3. The highest BCUT2D eigenvalue weighted by Crippen LogP contribution is 2.24. The Hall–Kier alpha value is -3.49. The van der Waals surface area contributed by atoms with Gasteiger partial charge in [-0.25, -0.2) is 33.5 Å². The molecule has 5 rings (SSSR count). The maximum Gasteiger partial charge on any atom is 0.240 e. The highest BCUT2D eigenvalue weighted by Gasteiger charge is 2.24. The lowest BCUT2D eigenvalue weighted by Crippen LogP contribution is -2.18. The summed E-state index contributed by atoms with van der Waals surface area (Å²) in [4.78, 5) is 17.9. The summed E-state index contributed by atoms with van der Waals surface area (Å²) >= 11 is 0. The van der Waals surface area contributed by atoms with Crippen LogP contribution in [0.1, 0.15) is 0 Å². The normalized spacial score (nSPS) is 22.1. The first-order chi connectivity index (χ1) is 13.4. The molecule has 0 spiro atoms. The van der Waals surface area contributed by atoms with Gasteiger partial charge in [0.1, 0.15) is 4.91 Å². The second-order valence-corrected chi connectivity index (χ2v) is 7.97. The van der Waals surface area contributed by atoms with Crippen molar-refractivity contribution in [2.75, 3.05) is 0 Å². The van der Waals surface area contributed by atoms with E-state index in [4.69, 9.17) is 5.14 Å². The molecular weight excluding hydrogens is 374 g/mol. The van der Waals surface area contributed by atoms with Crippen molar-refractivity contribution in [1.82, 2.24) is 0 Å². The molecule has 0 fully saturated rings. The molecule has 5 aliphatic rings. The SMILES string of the molecule is NS(=O)(=O)C1=CC2=CC3=NC(=CC4=NC(=CC5=NC(=CC1=N2)C=C5)C=C4)C=C3. The lowest BCUT2D eigenvalue weighted by atomic mass is 10.2. The topological polar surface area (TPSA) is 110 Å². The molecule has 28 heavy (non-hydrogen) atoms. The molecule has 0 aromatic rings. The number of aliphatic imine (C=N–C) groups is 4. The molecule has 0 atom stereocenters. The van der Waals surface area contributed by atoms with E-state index in [0.717, 1.165) is 17.1 Å². The number of hydrogen-bond donors (Lipinski definition) is 1. The largest absolute Gasteiger partial charge is 0.249 e. The molecule has 0 aromatic carbocycles. The number of hydrogen-bond acceptors (Lipinski definition) is 6. The van der Waals surface area contributed by atoms with E-state index in [1.807, 2.05) is 42.5 Å². The smallest absolute Gasteiger partial charge is 0.240 e. The third kappa shape index (κ3) is 3.15. The van der Waals surface area contributed by atoms with E-state index in [-0.39, 0.29) is 10.6 Å². The molecule has 7 nitrogen and oxygen atoms in total. The van der Waals surface area contributed by atoms with E-state index in [9.17, 15) is 8.42 Å². The molecule has 136 valence electrons. The van der Waals surface area contributed by atoms with Crippen molar-refractivity contribution >= 4 is 32.9 Å². The van der Waals surface area contributed by atoms with E-state index in [0.29, 0.717) is 22.8 Å². The standard InChI is InChI=1S/C20H13N5O2S/c21-28(26,27)20-11-18-9-16-4-3-14(23-16)7-12-1-2-13(22-12)8-15-5-6-17(24-15)10-19(20)25-18/h1-11H,(H2,21,26,27). The van der Waals surface area contributed by atoms with Crippen molar-refractivity contribution in [3.63, 3.8) is 0 Å². The zero-order valence-electron chi connectivity index (χ0n) is 14.4. The van der Waals surface area contributed by atoms with Crippen LogP contribution in [-0.2, 0) is 10.0 Å². The van der Waals surface area contributed by atoms with Crippen molar-refractivity contribution in [3.05, 3.63) is 94.5 Å². The van der Waals surface area contributed by atoms with E-state index in [2.05, 4.69) is 20.0 Å². The fraction of sp³-hybridized carbons (Fsp3) is 0. The summed E-state index contributed by atoms with van der Waals surface area (Å²) in [5.74, 6) is 0. The Bertz CT molecular complexity index is 1300. The van der Waals surface area contributed by atoms with Crippen LogP contribution in [0.25, 0.3) is 0 Å². The monoisotopic (exact) mass is 387 g/mol. The summed E-state index contributed by atoms with van der Waals surface area (Å²) in [6, 6.07) is 0. The van der Waals surface area contributed by atoms with E-state index in [1.165, 1.54) is 6.08 Å². The van der Waals surface area contributed by atoms with Gasteiger partial charge in [0, 0.05) is 0 Å². The van der Waals surface area contributed by atoms with Crippen LogP contribution in [-0.4, -0.2) is 31.3 Å². The van der Waals surface area contributed by atoms with Gasteiger partial charge >= 0.3 is 0 Å². The van der Waals surface area contributed by atoms with Crippen LogP contribution in [0.4, 0.5) is 0 Å². The molecule has 0 aromatic heterocycles. The minimum absolute atomic E-state index is 0.0446. The molecule has 0 aliphatic carbocycles. The second-order valence-electron chi connectivity index (χ2n) is 6.44. The maximum absolute atomic E-state index is 12.0. The summed E-state index contributed by atoms with van der Waals surface area (Å²) in [5.41, 5.74) is 4.99. The van der Waals surface area contributed by atoms with Crippen molar-refractivity contribution in [3.8, 4) is 0 Å². The number of allylic oxidation sites excluding steroid dienone is 12. The first-order valence-electron chi connectivity index (χ1n) is 8.43. The number of nitrogens with two attached hydrogens (primary N) is 1. The average molecular weight is 387 g/mol. The molecule has 5 heterocycles. The third-order valence-corrected chi connectivity index (χ3v) is 5.25. The lowest BCUT2D eigenvalue weighted by Gasteiger charge is -1.99. The van der Waals surface area contributed by atoms with Gasteiger partial charge in [-0.2, -0.15) is 0 Å². The second kappa shape index (κ2) is 6.01. The molecule has 2 N–H and O–H groups in total. The van der Waals surface area contributed by atoms with Gasteiger partial charge in [0.25, 0.3) is 0 Å². The summed E-state index contributed by atoms with van der Waals surface area (Å²) < 4.78 is 24.0. The lowest BCUT2D eigenvalue weighted by molar-refractivity contribution is 0.605. The summed E-state index contributed by atoms with van der Waals surface area (Å²) in [5, 5.41) is 5.37. The maximum atomic E-state index is 12.0. The number of primary sulfonamides is 1. The molecule has 5 aliphatic heterocycles. The Morgan fingerprint density at radius 3 is 1.54 bits per heavy atom. The zero-order valence-corrected chi connectivity index (χ0v) is 15.3. The van der Waals surface area contributed by atoms with Crippen LogP contribution < -0.4 is 5.14 Å². The number of rotatable bonds is 1. The van der Waals surface area contributed by atoms with Gasteiger partial charge in [-0.15, -0.1) is 0 Å². The molecule has 8 bridgehead atoms. The Labute approximate surface area is 161 Å². The van der Waals surface area contributed by atoms with Crippen LogP contribution >= 0.6 is 0 Å². The van der Waals surface area contributed by atoms with Gasteiger partial charge in [-0.1, -0.05) is 0 Å². The van der Waals surface area contributed by atoms with E-state index in [1.54, 1.807) is 18.2 Å². The highest BCUT2D eigenvalue weighted by atomic mass is 32.2. The number of nitrogens with zero attached hydrogens (tertiary/aromatic N) is 4. The first-order valence-corrected chi connectivity index (χ1v) is 9.98. The predicted octanol–water partition coefficient (Wildman–Crippen LogP) is 2.20. The quantitative estimate of drug-likeness (QED) is 0.744. The fourth-order valence-electron chi connectivity index (χ4n) is 3.10. The Balaban J connectivity index is 1.69. The van der Waals surface area contributed by atoms with Gasteiger partial charge in [0.05, 0.1) is 45.6 Å². The van der Waals surface area contributed by atoms with E-state index < -0.39 is 10.0 Å². The van der Waals surface area contributed by atoms with Crippen molar-refractivity contribution < 1.29 is 8.42 Å². The molecular formula is C20H13N5O2S. The molecule has 0 radical (unpaired) electrons. The molecule has 0 saturated heterocycles. The highest BCUT2D eigenvalue weighted by molar-refractivity contribution is 7.94. The van der Waals surface area contributed by atoms with Gasteiger partial charge in [0.15, 0.2) is 0 Å². The Morgan fingerprint density at radius 1 is 0.571 bits per heavy atom. The fourth-order valence-corrected chi connectivity index (χ4v) is 3.78. The molecule has 0 saturated carbocycles. The third-order valence-electron chi connectivity index (χ3n) is 4.31. The van der Waals surface area contributed by atoms with Gasteiger partial charge in [0.2, 0.25) is 10.0 Å². The minimum Gasteiger partial charge on any atom is -0.249 e. The van der Waals surface area contributed by atoms with Crippen molar-refractivity contribution in [1.29, 1.82) is 0 Å². The Morgan fingerprint density at radius 2 is 1.04 bits per heavy atom. The predicted molar refractivity (Wildman–Crippen MR) is 111 cm³/mol. The molecule has 0 unspecified atom stereocenters. The van der Waals surface area contributed by atoms with Crippen LogP contribution in [0.2, 0.25) is 0 Å². The van der Waals surface area contributed by atoms with Gasteiger partial charge in [-0.3, -0.25) is 0 Å². The molecule has 8 heteroatoms. The van der Waals surface area contributed by atoms with Crippen LogP contribution in [0, 0.1) is 0 Å². The molecule has 0 amide bonds. The minimum atomic E-state index is -3.93. The van der Waals surface area contributed by atoms with Crippen LogP contribution in [0.15, 0.2) is 114 Å². The summed E-state index contributed by atoms with van der Waals surface area (Å²) in [6.07, 6.45) is 19.6. The summed E-state index contributed by atoms with van der Waals surface area (Å²) in [7, 11) is -3.93. The van der Waals surface area contributed by atoms with Crippen molar-refractivity contribution in [2.45, 2.75) is 0 Å². The van der Waals surface area contributed by atoms with Gasteiger partial charge in [-0.05, 0) is 66.8 Å². The van der Waals surface area contributed by atoms with Crippen LogP contribution in [0.3, 0.4) is 0 Å². The van der Waals surface area contributed by atoms with Gasteiger partial charge < -0.3 is 0 Å². The number of fused-ring (bicyclic) bond motifs is 4. The summed E-state index contributed by atoms with van der Waals surface area (Å²) in [6.45, 7) is 0. The van der Waals surface area contributed by atoms with Crippen molar-refractivity contribution in [2.24, 2.45) is 25.1 Å². The first kappa shape index (κ1) is 16.7.